The summed E-state index contributed by atoms with van der Waals surface area (Å²) in [4.78, 5) is 23.0. The smallest absolute Gasteiger partial charge is 0.457 e. The van der Waals surface area contributed by atoms with Crippen molar-refractivity contribution in [2.75, 3.05) is 54.1 Å². The Bertz CT molecular complexity index is 1180. The van der Waals surface area contributed by atoms with Crippen LogP contribution in [0, 0.1) is 0 Å². The number of phosphoric acid groups is 1. The maximum absolute atomic E-state index is 12.8. The molecule has 2 atom stereocenters. The highest BCUT2D eigenvalue weighted by Gasteiger charge is 2.26. The number of rotatable bonds is 51. The highest BCUT2D eigenvalue weighted by molar-refractivity contribution is 7.47. The minimum atomic E-state index is -4.28. The zero-order valence-electron chi connectivity index (χ0n) is 43.5. The molecule has 0 amide bonds. The van der Waals surface area contributed by atoms with Gasteiger partial charge in [-0.25, -0.2) is 4.57 Å². The molecule has 0 bridgehead atoms. The van der Waals surface area contributed by atoms with Crippen LogP contribution in [0.4, 0.5) is 0 Å². The molecule has 0 spiro atoms. The lowest BCUT2D eigenvalue weighted by atomic mass is 10.0. The van der Waals surface area contributed by atoms with E-state index in [9.17, 15) is 14.3 Å². The van der Waals surface area contributed by atoms with Crippen LogP contribution in [0.25, 0.3) is 0 Å². The van der Waals surface area contributed by atoms with Gasteiger partial charge in [-0.05, 0) is 51.4 Å². The van der Waals surface area contributed by atoms with E-state index in [0.29, 0.717) is 24.1 Å². The van der Waals surface area contributed by atoms with Gasteiger partial charge in [0.1, 0.15) is 19.3 Å². The number of ether oxygens (including phenoxy) is 2. The molecule has 0 fully saturated rings. The van der Waals surface area contributed by atoms with Crippen molar-refractivity contribution in [3.63, 3.8) is 0 Å². The number of esters is 1. The van der Waals surface area contributed by atoms with Crippen molar-refractivity contribution in [3.8, 4) is 0 Å². The van der Waals surface area contributed by atoms with Crippen molar-refractivity contribution in [2.24, 2.45) is 0 Å². The molecule has 0 heterocycles. The number of unbranched alkanes of at least 4 members (excludes halogenated alkanes) is 29. The molecule has 9 heteroatoms. The lowest BCUT2D eigenvalue weighted by molar-refractivity contribution is -0.870. The Labute approximate surface area is 403 Å². The number of carbonyl (C=O) groups is 1. The van der Waals surface area contributed by atoms with E-state index in [4.69, 9.17) is 18.5 Å². The Balaban J connectivity index is 4.05. The van der Waals surface area contributed by atoms with Crippen molar-refractivity contribution < 1.29 is 37.3 Å². The van der Waals surface area contributed by atoms with Gasteiger partial charge in [0.2, 0.25) is 0 Å². The molecule has 0 aromatic heterocycles. The third kappa shape index (κ3) is 53.3. The molecule has 0 aliphatic rings. The Kier molecular flexibility index (Phi) is 47.7. The molecular weight excluding hydrogens is 830 g/mol. The largest absolute Gasteiger partial charge is 0.472 e. The minimum absolute atomic E-state index is 0.0894. The SMILES string of the molecule is CC/C=C\C/C=C\C/C=C\C/C=C\CCCCCCCCCCCCCCCOCC(COP(=O)(O)OCC[N+](C)(C)C)OC(=O)CCCCCCCCCCCCCCCCCCC. The standard InChI is InChI=1S/C56H106NO7P/c1-6-8-10-12-14-16-18-20-22-24-25-26-27-28-29-30-31-32-34-36-38-40-42-44-46-48-51-61-53-55(54-63-65(59,60)62-52-50-57(3,4)5)64-56(58)49-47-45-43-41-39-37-35-33-23-21-19-17-15-13-11-9-7-2/h8,10,14,16,20,22,25-26,55H,6-7,9,11-13,15,17-19,21,23-24,27-54H2,1-5H3/p+1/b10-8-,16-14-,22-20-,26-25-. The Morgan fingerprint density at radius 2 is 0.892 bits per heavy atom. The van der Waals surface area contributed by atoms with Gasteiger partial charge in [0.25, 0.3) is 0 Å². The fourth-order valence-electron chi connectivity index (χ4n) is 7.72. The molecule has 0 aliphatic carbocycles. The second-order valence-corrected chi connectivity index (χ2v) is 21.0. The van der Waals surface area contributed by atoms with E-state index < -0.39 is 13.9 Å². The number of quaternary nitrogens is 1. The maximum Gasteiger partial charge on any atom is 0.472 e. The summed E-state index contributed by atoms with van der Waals surface area (Å²) < 4.78 is 35.2. The van der Waals surface area contributed by atoms with E-state index in [-0.39, 0.29) is 25.8 Å². The van der Waals surface area contributed by atoms with E-state index in [0.717, 1.165) is 57.8 Å². The van der Waals surface area contributed by atoms with Gasteiger partial charge in [-0.3, -0.25) is 13.8 Å². The second kappa shape index (κ2) is 48.9. The van der Waals surface area contributed by atoms with Gasteiger partial charge in [-0.2, -0.15) is 0 Å². The fraction of sp³-hybridized carbons (Fsp3) is 0.839. The quantitative estimate of drug-likeness (QED) is 0.0214. The van der Waals surface area contributed by atoms with Gasteiger partial charge in [0.15, 0.2) is 0 Å². The summed E-state index contributed by atoms with van der Waals surface area (Å²) >= 11 is 0. The Morgan fingerprint density at radius 1 is 0.492 bits per heavy atom. The predicted molar refractivity (Wildman–Crippen MR) is 279 cm³/mol. The lowest BCUT2D eigenvalue weighted by Gasteiger charge is -2.24. The number of likely N-dealkylation sites (N-methyl/N-ethyl adjacent to an activating group) is 1. The summed E-state index contributed by atoms with van der Waals surface area (Å²) in [6, 6.07) is 0. The highest BCUT2D eigenvalue weighted by Crippen LogP contribution is 2.43. The Morgan fingerprint density at radius 3 is 1.34 bits per heavy atom. The molecule has 2 unspecified atom stereocenters. The molecule has 382 valence electrons. The molecule has 0 rings (SSSR count). The van der Waals surface area contributed by atoms with E-state index in [2.05, 4.69) is 62.5 Å². The third-order valence-electron chi connectivity index (χ3n) is 11.9. The van der Waals surface area contributed by atoms with Gasteiger partial charge >= 0.3 is 13.8 Å². The van der Waals surface area contributed by atoms with Crippen LogP contribution in [0.2, 0.25) is 0 Å². The minimum Gasteiger partial charge on any atom is -0.457 e. The maximum atomic E-state index is 12.8. The molecule has 1 N–H and O–H groups in total. The summed E-state index contributed by atoms with van der Waals surface area (Å²) in [5, 5.41) is 0. The molecule has 65 heavy (non-hydrogen) atoms. The van der Waals surface area contributed by atoms with Gasteiger partial charge in [-0.1, -0.05) is 236 Å². The van der Waals surface area contributed by atoms with E-state index in [1.54, 1.807) is 0 Å². The first kappa shape index (κ1) is 63.5. The van der Waals surface area contributed by atoms with Crippen LogP contribution < -0.4 is 0 Å². The predicted octanol–water partition coefficient (Wildman–Crippen LogP) is 17.1. The number of phosphoric ester groups is 1. The number of allylic oxidation sites excluding steroid dienone is 8. The van der Waals surface area contributed by atoms with E-state index >= 15 is 0 Å². The summed E-state index contributed by atoms with van der Waals surface area (Å²) in [6.07, 6.45) is 61.6. The first-order valence-corrected chi connectivity index (χ1v) is 28.9. The van der Waals surface area contributed by atoms with Gasteiger partial charge in [-0.15, -0.1) is 0 Å². The van der Waals surface area contributed by atoms with Crippen molar-refractivity contribution in [1.29, 1.82) is 0 Å². The molecular formula is C56H107NO7P+. The summed E-state index contributed by atoms with van der Waals surface area (Å²) in [5.41, 5.74) is 0. The van der Waals surface area contributed by atoms with Crippen LogP contribution in [0.15, 0.2) is 48.6 Å². The normalized spacial score (nSPS) is 13.9. The van der Waals surface area contributed by atoms with Gasteiger partial charge < -0.3 is 18.9 Å². The third-order valence-corrected chi connectivity index (χ3v) is 12.9. The molecule has 0 aromatic carbocycles. The van der Waals surface area contributed by atoms with Crippen molar-refractivity contribution in [2.45, 2.75) is 251 Å². The monoisotopic (exact) mass is 937 g/mol. The number of nitrogens with zero attached hydrogens (tertiary/aromatic N) is 1. The van der Waals surface area contributed by atoms with Crippen LogP contribution in [-0.4, -0.2) is 75.6 Å². The van der Waals surface area contributed by atoms with E-state index in [1.165, 1.54) is 167 Å². The second-order valence-electron chi connectivity index (χ2n) is 19.6. The van der Waals surface area contributed by atoms with Crippen LogP contribution in [0.5, 0.6) is 0 Å². The zero-order valence-corrected chi connectivity index (χ0v) is 44.4. The molecule has 0 saturated heterocycles. The molecule has 0 aromatic rings. The number of hydrogen-bond donors (Lipinski definition) is 1. The van der Waals surface area contributed by atoms with Crippen molar-refractivity contribution in [3.05, 3.63) is 48.6 Å². The molecule has 0 aliphatic heterocycles. The summed E-state index contributed by atoms with van der Waals surface area (Å²) in [5.74, 6) is -0.310. The first-order valence-electron chi connectivity index (χ1n) is 27.4. The Hall–Kier alpha value is -1.54. The molecule has 0 radical (unpaired) electrons. The molecule has 8 nitrogen and oxygen atoms in total. The van der Waals surface area contributed by atoms with Crippen molar-refractivity contribution >= 4 is 13.8 Å². The lowest BCUT2D eigenvalue weighted by Crippen LogP contribution is -2.37. The summed E-state index contributed by atoms with van der Waals surface area (Å²) in [7, 11) is 1.68. The van der Waals surface area contributed by atoms with Crippen LogP contribution in [0.3, 0.4) is 0 Å². The number of hydrogen-bond acceptors (Lipinski definition) is 6. The van der Waals surface area contributed by atoms with Gasteiger partial charge in [0, 0.05) is 13.0 Å². The fourth-order valence-corrected chi connectivity index (χ4v) is 8.46. The average Bonchev–Trinajstić information content (AvgIpc) is 3.27. The van der Waals surface area contributed by atoms with Crippen LogP contribution in [-0.2, 0) is 27.9 Å². The van der Waals surface area contributed by atoms with Crippen LogP contribution in [0.1, 0.15) is 245 Å². The van der Waals surface area contributed by atoms with E-state index in [1.807, 2.05) is 21.1 Å². The van der Waals surface area contributed by atoms with Crippen LogP contribution >= 0.6 is 7.82 Å². The van der Waals surface area contributed by atoms with Gasteiger partial charge in [0.05, 0.1) is 34.4 Å². The first-order chi connectivity index (χ1) is 31.6. The zero-order chi connectivity index (χ0) is 47.6. The average molecular weight is 937 g/mol. The van der Waals surface area contributed by atoms with Crippen molar-refractivity contribution in [1.82, 2.24) is 0 Å². The molecule has 0 saturated carbocycles. The highest BCUT2D eigenvalue weighted by atomic mass is 31.2. The number of carbonyl (C=O) groups excluding carboxylic acids is 1. The summed E-state index contributed by atoms with van der Waals surface area (Å²) in [6.45, 7) is 5.55. The topological polar surface area (TPSA) is 91.3 Å².